The number of allylic oxidation sites excluding steroid dienone is 1. The van der Waals surface area contributed by atoms with E-state index in [1.165, 1.54) is 6.08 Å². The van der Waals surface area contributed by atoms with Gasteiger partial charge in [-0.05, 0) is 61.4 Å². The molecule has 0 aliphatic heterocycles. The van der Waals surface area contributed by atoms with Crippen LogP contribution in [-0.2, 0) is 4.79 Å². The van der Waals surface area contributed by atoms with Crippen LogP contribution in [0.2, 0.25) is 10.0 Å². The molecule has 0 aliphatic rings. The second-order valence-electron chi connectivity index (χ2n) is 7.63. The molecule has 4 aromatic rings. The third-order valence-electron chi connectivity index (χ3n) is 5.27. The van der Waals surface area contributed by atoms with Gasteiger partial charge in [-0.25, -0.2) is 0 Å². The lowest BCUT2D eigenvalue weighted by Gasteiger charge is -2.11. The number of anilines is 1. The molecule has 174 valence electrons. The average molecular weight is 496 g/mol. The molecule has 34 heavy (non-hydrogen) atoms. The topological polar surface area (TPSA) is 60.7 Å². The van der Waals surface area contributed by atoms with Crippen LogP contribution >= 0.6 is 23.2 Å². The van der Waals surface area contributed by atoms with E-state index < -0.39 is 0 Å². The van der Waals surface area contributed by atoms with Crippen LogP contribution in [0.3, 0.4) is 0 Å². The Morgan fingerprint density at radius 3 is 2.41 bits per heavy atom. The molecular formula is C27H23Cl2NO4. The van der Waals surface area contributed by atoms with Gasteiger partial charge in [-0.15, -0.1) is 0 Å². The van der Waals surface area contributed by atoms with Crippen molar-refractivity contribution in [3.63, 3.8) is 0 Å². The maximum atomic E-state index is 12.7. The molecule has 0 fully saturated rings. The van der Waals surface area contributed by atoms with E-state index in [9.17, 15) is 4.79 Å². The predicted molar refractivity (Wildman–Crippen MR) is 138 cm³/mol. The number of hydrogen-bond acceptors (Lipinski definition) is 4. The Morgan fingerprint density at radius 1 is 1.06 bits per heavy atom. The van der Waals surface area contributed by atoms with Gasteiger partial charge in [0.05, 0.1) is 20.0 Å². The summed E-state index contributed by atoms with van der Waals surface area (Å²) < 4.78 is 16.9. The number of fused-ring (bicyclic) bond motifs is 1. The van der Waals surface area contributed by atoms with Crippen molar-refractivity contribution in [1.82, 2.24) is 0 Å². The fourth-order valence-electron chi connectivity index (χ4n) is 3.73. The van der Waals surface area contributed by atoms with E-state index in [0.29, 0.717) is 33.7 Å². The van der Waals surface area contributed by atoms with E-state index in [2.05, 4.69) is 5.32 Å². The van der Waals surface area contributed by atoms with Gasteiger partial charge in [0.1, 0.15) is 17.1 Å². The number of ether oxygens (including phenoxy) is 2. The summed E-state index contributed by atoms with van der Waals surface area (Å²) in [6, 6.07) is 16.5. The number of methoxy groups -OCH3 is 1. The first-order valence-corrected chi connectivity index (χ1v) is 11.4. The fraction of sp³-hybridized carbons (Fsp3) is 0.148. The highest BCUT2D eigenvalue weighted by atomic mass is 35.5. The van der Waals surface area contributed by atoms with Crippen LogP contribution in [0.1, 0.15) is 19.4 Å². The molecule has 1 heterocycles. The van der Waals surface area contributed by atoms with Crippen molar-refractivity contribution >= 4 is 51.3 Å². The van der Waals surface area contributed by atoms with Crippen molar-refractivity contribution in [2.45, 2.75) is 13.8 Å². The van der Waals surface area contributed by atoms with E-state index in [1.54, 1.807) is 31.6 Å². The minimum absolute atomic E-state index is 0.308. The van der Waals surface area contributed by atoms with Crippen molar-refractivity contribution in [2.24, 2.45) is 0 Å². The summed E-state index contributed by atoms with van der Waals surface area (Å²) in [5, 5.41) is 4.59. The van der Waals surface area contributed by atoms with Crippen molar-refractivity contribution in [3.05, 3.63) is 82.5 Å². The largest absolute Gasteiger partial charge is 0.496 e. The summed E-state index contributed by atoms with van der Waals surface area (Å²) in [6.07, 6.45) is 3.23. The van der Waals surface area contributed by atoms with Gasteiger partial charge in [-0.3, -0.25) is 4.79 Å². The quantitative estimate of drug-likeness (QED) is 0.265. The molecule has 0 saturated heterocycles. The second kappa shape index (κ2) is 10.2. The van der Waals surface area contributed by atoms with Gasteiger partial charge in [0.25, 0.3) is 0 Å². The highest BCUT2D eigenvalue weighted by molar-refractivity contribution is 6.35. The van der Waals surface area contributed by atoms with Crippen LogP contribution in [0.15, 0.2) is 71.4 Å². The van der Waals surface area contributed by atoms with Crippen LogP contribution in [0.25, 0.3) is 27.7 Å². The van der Waals surface area contributed by atoms with E-state index in [-0.39, 0.29) is 5.91 Å². The Bertz CT molecular complexity index is 1350. The first kappa shape index (κ1) is 23.7. The molecule has 0 radical (unpaired) electrons. The lowest BCUT2D eigenvalue weighted by molar-refractivity contribution is -0.111. The van der Waals surface area contributed by atoms with E-state index >= 15 is 0 Å². The van der Waals surface area contributed by atoms with E-state index in [0.717, 1.165) is 33.4 Å². The first-order valence-electron chi connectivity index (χ1n) is 10.7. The van der Waals surface area contributed by atoms with Crippen molar-refractivity contribution in [3.8, 4) is 22.6 Å². The lowest BCUT2D eigenvalue weighted by atomic mass is 9.99. The molecule has 0 spiro atoms. The van der Waals surface area contributed by atoms with Crippen LogP contribution in [0, 0.1) is 0 Å². The zero-order chi connectivity index (χ0) is 24.2. The zero-order valence-electron chi connectivity index (χ0n) is 18.9. The molecule has 1 aromatic heterocycles. The Hall–Kier alpha value is -3.41. The minimum atomic E-state index is -0.308. The van der Waals surface area contributed by atoms with Gasteiger partial charge in [0.15, 0.2) is 0 Å². The van der Waals surface area contributed by atoms with Gasteiger partial charge in [-0.1, -0.05) is 35.3 Å². The number of benzene rings is 3. The normalized spacial score (nSPS) is 11.5. The Kier molecular flexibility index (Phi) is 7.15. The number of halogens is 2. The SMILES string of the molecule is CCOc1ccc(-c2coc3cc(OC)c(/C(C)=C/C(=O)Nc4cc(Cl)cc(Cl)c4)cc23)cc1. The number of carbonyl (C=O) groups is 1. The first-order chi connectivity index (χ1) is 16.4. The number of hydrogen-bond donors (Lipinski definition) is 1. The van der Waals surface area contributed by atoms with Gasteiger partial charge in [0.2, 0.25) is 5.91 Å². The molecule has 0 saturated carbocycles. The maximum absolute atomic E-state index is 12.7. The molecular weight excluding hydrogens is 473 g/mol. The summed E-state index contributed by atoms with van der Waals surface area (Å²) in [7, 11) is 1.59. The van der Waals surface area contributed by atoms with E-state index in [1.807, 2.05) is 50.2 Å². The molecule has 0 bridgehead atoms. The number of nitrogens with one attached hydrogen (secondary N) is 1. The third kappa shape index (κ3) is 5.22. The van der Waals surface area contributed by atoms with Crippen molar-refractivity contribution in [1.29, 1.82) is 0 Å². The van der Waals surface area contributed by atoms with Gasteiger partial charge >= 0.3 is 0 Å². The van der Waals surface area contributed by atoms with Crippen LogP contribution < -0.4 is 14.8 Å². The number of rotatable bonds is 7. The molecule has 4 rings (SSSR count). The molecule has 1 amide bonds. The summed E-state index contributed by atoms with van der Waals surface area (Å²) in [5.74, 6) is 1.11. The van der Waals surface area contributed by atoms with E-state index in [4.69, 9.17) is 37.1 Å². The summed E-state index contributed by atoms with van der Waals surface area (Å²) >= 11 is 12.1. The predicted octanol–water partition coefficient (Wildman–Crippen LogP) is 7.86. The maximum Gasteiger partial charge on any atom is 0.248 e. The van der Waals surface area contributed by atoms with Crippen molar-refractivity contribution < 1.29 is 18.7 Å². The molecule has 1 N–H and O–H groups in total. The van der Waals surface area contributed by atoms with Gasteiger partial charge in [0, 0.05) is 44.4 Å². The van der Waals surface area contributed by atoms with Crippen molar-refractivity contribution in [2.75, 3.05) is 19.0 Å². The fourth-order valence-corrected chi connectivity index (χ4v) is 4.26. The number of carbonyl (C=O) groups excluding carboxylic acids is 1. The Morgan fingerprint density at radius 2 is 1.76 bits per heavy atom. The molecule has 0 aliphatic carbocycles. The van der Waals surface area contributed by atoms with Crippen LogP contribution in [0.5, 0.6) is 11.5 Å². The summed E-state index contributed by atoms with van der Waals surface area (Å²) in [4.78, 5) is 12.7. The van der Waals surface area contributed by atoms with Crippen LogP contribution in [0.4, 0.5) is 5.69 Å². The molecule has 0 atom stereocenters. The average Bonchev–Trinajstić information content (AvgIpc) is 3.21. The second-order valence-corrected chi connectivity index (χ2v) is 8.50. The smallest absolute Gasteiger partial charge is 0.248 e. The van der Waals surface area contributed by atoms with Gasteiger partial charge < -0.3 is 19.2 Å². The Labute approximate surface area is 207 Å². The minimum Gasteiger partial charge on any atom is -0.496 e. The highest BCUT2D eigenvalue weighted by Gasteiger charge is 2.15. The molecule has 5 nitrogen and oxygen atoms in total. The number of furan rings is 1. The lowest BCUT2D eigenvalue weighted by Crippen LogP contribution is -2.08. The monoisotopic (exact) mass is 495 g/mol. The molecule has 7 heteroatoms. The molecule has 3 aromatic carbocycles. The van der Waals surface area contributed by atoms with Gasteiger partial charge in [-0.2, -0.15) is 0 Å². The summed E-state index contributed by atoms with van der Waals surface area (Å²) in [6.45, 7) is 4.41. The third-order valence-corrected chi connectivity index (χ3v) is 5.71. The zero-order valence-corrected chi connectivity index (χ0v) is 20.5. The highest BCUT2D eigenvalue weighted by Crippen LogP contribution is 2.37. The molecule has 0 unspecified atom stereocenters. The summed E-state index contributed by atoms with van der Waals surface area (Å²) in [5.41, 5.74) is 4.64. The Balaban J connectivity index is 1.68. The number of amides is 1. The standard InChI is InChI=1S/C27H23Cl2NO4/c1-4-33-21-7-5-17(6-8-21)24-15-34-26-14-25(32-3)22(13-23(24)26)16(2)9-27(31)30-20-11-18(28)10-19(29)12-20/h5-15H,4H2,1-3H3,(H,30,31)/b16-9+. The van der Waals surface area contributed by atoms with Crippen LogP contribution in [-0.4, -0.2) is 19.6 Å².